The maximum Gasteiger partial charge on any atom is 0.0766 e. The van der Waals surface area contributed by atoms with Crippen molar-refractivity contribution < 1.29 is 0 Å². The van der Waals surface area contributed by atoms with Gasteiger partial charge in [-0.05, 0) is 47.7 Å². The fourth-order valence-electron chi connectivity index (χ4n) is 2.01. The average Bonchev–Trinajstić information content (AvgIpc) is 2.59. The van der Waals surface area contributed by atoms with E-state index in [-0.39, 0.29) is 0 Å². The van der Waals surface area contributed by atoms with Gasteiger partial charge >= 0.3 is 0 Å². The maximum atomic E-state index is 4.53. The number of aromatic nitrogens is 2. The van der Waals surface area contributed by atoms with E-state index < -0.39 is 0 Å². The molecule has 0 saturated carbocycles. The summed E-state index contributed by atoms with van der Waals surface area (Å²) in [6, 6.07) is 0.572. The summed E-state index contributed by atoms with van der Waals surface area (Å²) in [6.07, 6.45) is 3.27. The second-order valence-electron chi connectivity index (χ2n) is 5.39. The molecule has 0 radical (unpaired) electrons. The van der Waals surface area contributed by atoms with Crippen molar-refractivity contribution >= 4 is 15.9 Å². The highest BCUT2D eigenvalue weighted by atomic mass is 79.9. The second-order valence-corrected chi connectivity index (χ2v) is 6.18. The molecule has 4 heteroatoms. The zero-order chi connectivity index (χ0) is 13.7. The molecule has 1 rings (SSSR count). The van der Waals surface area contributed by atoms with Gasteiger partial charge in [-0.1, -0.05) is 27.7 Å². The third-order valence-corrected chi connectivity index (χ3v) is 4.17. The summed E-state index contributed by atoms with van der Waals surface area (Å²) in [6.45, 7) is 9.93. The van der Waals surface area contributed by atoms with Crippen molar-refractivity contribution in [2.24, 2.45) is 13.0 Å². The summed E-state index contributed by atoms with van der Waals surface area (Å²) in [5.41, 5.74) is 2.49. The average molecular weight is 316 g/mol. The topological polar surface area (TPSA) is 29.9 Å². The van der Waals surface area contributed by atoms with E-state index in [1.54, 1.807) is 0 Å². The number of nitrogens with one attached hydrogen (secondary N) is 1. The Morgan fingerprint density at radius 2 is 2.00 bits per heavy atom. The molecule has 1 aromatic heterocycles. The van der Waals surface area contributed by atoms with Crippen molar-refractivity contribution in [2.45, 2.75) is 53.0 Å². The fourth-order valence-corrected chi connectivity index (χ4v) is 2.83. The molecule has 104 valence electrons. The molecule has 0 bridgehead atoms. The highest BCUT2D eigenvalue weighted by Crippen LogP contribution is 2.23. The van der Waals surface area contributed by atoms with Crippen molar-refractivity contribution in [3.63, 3.8) is 0 Å². The first kappa shape index (κ1) is 15.7. The minimum absolute atomic E-state index is 0.572. The number of nitrogens with zero attached hydrogens (tertiary/aromatic N) is 2. The predicted octanol–water partition coefficient (Wildman–Crippen LogP) is 3.31. The fraction of sp³-hybridized carbons (Fsp3) is 0.786. The quantitative estimate of drug-likeness (QED) is 0.836. The lowest BCUT2D eigenvalue weighted by Crippen LogP contribution is -2.28. The Kier molecular flexibility index (Phi) is 6.36. The lowest BCUT2D eigenvalue weighted by atomic mass is 10.0. The molecule has 0 aliphatic heterocycles. The summed E-state index contributed by atoms with van der Waals surface area (Å²) in [5, 5.41) is 8.03. The van der Waals surface area contributed by atoms with Crippen LogP contribution in [-0.4, -0.2) is 22.4 Å². The minimum Gasteiger partial charge on any atom is -0.314 e. The standard InChI is InChI=1S/C14H26BrN3/c1-6-12-14(15)13(18(5)17-12)8-7-11(4)9-16-10(2)3/h10-11,16H,6-9H2,1-5H3. The smallest absolute Gasteiger partial charge is 0.0766 e. The molecular weight excluding hydrogens is 290 g/mol. The molecule has 0 fully saturated rings. The van der Waals surface area contributed by atoms with Gasteiger partial charge in [0.25, 0.3) is 0 Å². The molecule has 0 amide bonds. The van der Waals surface area contributed by atoms with Crippen molar-refractivity contribution in [2.75, 3.05) is 6.54 Å². The van der Waals surface area contributed by atoms with Gasteiger partial charge in [0.2, 0.25) is 0 Å². The Morgan fingerprint density at radius 3 is 2.50 bits per heavy atom. The van der Waals surface area contributed by atoms with Crippen LogP contribution >= 0.6 is 15.9 Å². The number of halogens is 1. The monoisotopic (exact) mass is 315 g/mol. The minimum atomic E-state index is 0.572. The molecule has 0 aliphatic rings. The Hall–Kier alpha value is -0.350. The first-order valence-electron chi connectivity index (χ1n) is 6.89. The highest BCUT2D eigenvalue weighted by molar-refractivity contribution is 9.10. The Balaban J connectivity index is 2.50. The largest absolute Gasteiger partial charge is 0.314 e. The Bertz CT molecular complexity index is 371. The molecule has 1 atom stereocenters. The highest BCUT2D eigenvalue weighted by Gasteiger charge is 2.13. The van der Waals surface area contributed by atoms with Crippen molar-refractivity contribution in [3.8, 4) is 0 Å². The van der Waals surface area contributed by atoms with Gasteiger partial charge in [0.1, 0.15) is 0 Å². The number of hydrogen-bond donors (Lipinski definition) is 1. The lowest BCUT2D eigenvalue weighted by molar-refractivity contribution is 0.449. The Morgan fingerprint density at radius 1 is 1.33 bits per heavy atom. The summed E-state index contributed by atoms with van der Waals surface area (Å²) in [4.78, 5) is 0. The molecule has 1 N–H and O–H groups in total. The molecule has 0 aromatic carbocycles. The maximum absolute atomic E-state index is 4.53. The summed E-state index contributed by atoms with van der Waals surface area (Å²) in [7, 11) is 2.04. The Labute approximate surface area is 119 Å². The van der Waals surface area contributed by atoms with Crippen LogP contribution in [0, 0.1) is 5.92 Å². The van der Waals surface area contributed by atoms with Gasteiger partial charge in [0.05, 0.1) is 15.9 Å². The van der Waals surface area contributed by atoms with E-state index in [0.29, 0.717) is 12.0 Å². The van der Waals surface area contributed by atoms with E-state index in [4.69, 9.17) is 0 Å². The van der Waals surface area contributed by atoms with Gasteiger partial charge in [-0.15, -0.1) is 0 Å². The SMILES string of the molecule is CCc1nn(C)c(CCC(C)CNC(C)C)c1Br. The summed E-state index contributed by atoms with van der Waals surface area (Å²) < 4.78 is 3.22. The number of hydrogen-bond acceptors (Lipinski definition) is 2. The van der Waals surface area contributed by atoms with Crippen LogP contribution in [0.4, 0.5) is 0 Å². The first-order chi connectivity index (χ1) is 8.45. The van der Waals surface area contributed by atoms with Crippen LogP contribution < -0.4 is 5.32 Å². The van der Waals surface area contributed by atoms with Crippen LogP contribution in [-0.2, 0) is 19.9 Å². The molecule has 1 unspecified atom stereocenters. The first-order valence-corrected chi connectivity index (χ1v) is 7.68. The zero-order valence-corrected chi connectivity index (χ0v) is 13.8. The van der Waals surface area contributed by atoms with Crippen LogP contribution in [0.5, 0.6) is 0 Å². The van der Waals surface area contributed by atoms with Crippen LogP contribution in [0.25, 0.3) is 0 Å². The van der Waals surface area contributed by atoms with Gasteiger partial charge in [-0.2, -0.15) is 5.10 Å². The second kappa shape index (κ2) is 7.29. The van der Waals surface area contributed by atoms with Crippen molar-refractivity contribution in [3.05, 3.63) is 15.9 Å². The lowest BCUT2D eigenvalue weighted by Gasteiger charge is -2.14. The summed E-state index contributed by atoms with van der Waals surface area (Å²) >= 11 is 3.68. The molecular formula is C14H26BrN3. The van der Waals surface area contributed by atoms with Gasteiger partial charge in [-0.25, -0.2) is 0 Å². The molecule has 0 spiro atoms. The van der Waals surface area contributed by atoms with Gasteiger partial charge in [0, 0.05) is 13.1 Å². The van der Waals surface area contributed by atoms with Crippen LogP contribution in [0.3, 0.4) is 0 Å². The number of rotatable bonds is 7. The van der Waals surface area contributed by atoms with Gasteiger partial charge in [-0.3, -0.25) is 4.68 Å². The molecule has 18 heavy (non-hydrogen) atoms. The molecule has 3 nitrogen and oxygen atoms in total. The van der Waals surface area contributed by atoms with E-state index >= 15 is 0 Å². The van der Waals surface area contributed by atoms with Crippen LogP contribution in [0.2, 0.25) is 0 Å². The summed E-state index contributed by atoms with van der Waals surface area (Å²) in [5.74, 6) is 0.694. The third kappa shape index (κ3) is 4.39. The molecule has 1 heterocycles. The van der Waals surface area contributed by atoms with E-state index in [9.17, 15) is 0 Å². The molecule has 0 saturated heterocycles. The predicted molar refractivity (Wildman–Crippen MR) is 80.9 cm³/mol. The molecule has 0 aliphatic carbocycles. The normalized spacial score (nSPS) is 13.3. The van der Waals surface area contributed by atoms with Crippen molar-refractivity contribution in [1.82, 2.24) is 15.1 Å². The van der Waals surface area contributed by atoms with Gasteiger partial charge < -0.3 is 5.32 Å². The third-order valence-electron chi connectivity index (χ3n) is 3.25. The van der Waals surface area contributed by atoms with E-state index in [2.05, 4.69) is 54.0 Å². The van der Waals surface area contributed by atoms with Gasteiger partial charge in [0.15, 0.2) is 0 Å². The van der Waals surface area contributed by atoms with Crippen LogP contribution in [0.1, 0.15) is 45.5 Å². The van der Waals surface area contributed by atoms with E-state index in [1.165, 1.54) is 22.3 Å². The van der Waals surface area contributed by atoms with Crippen molar-refractivity contribution in [1.29, 1.82) is 0 Å². The zero-order valence-electron chi connectivity index (χ0n) is 12.3. The van der Waals surface area contributed by atoms with E-state index in [1.807, 2.05) is 11.7 Å². The van der Waals surface area contributed by atoms with E-state index in [0.717, 1.165) is 19.4 Å². The number of aryl methyl sites for hydroxylation is 2. The molecule has 1 aromatic rings. The van der Waals surface area contributed by atoms with Crippen LogP contribution in [0.15, 0.2) is 4.47 Å².